The fourth-order valence-corrected chi connectivity index (χ4v) is 4.08. The van der Waals surface area contributed by atoms with E-state index in [0.29, 0.717) is 38.9 Å². The fraction of sp³-hybridized carbons (Fsp3) is 1.00. The Bertz CT molecular complexity index is 303. The summed E-state index contributed by atoms with van der Waals surface area (Å²) >= 11 is 0. The first kappa shape index (κ1) is 11.3. The summed E-state index contributed by atoms with van der Waals surface area (Å²) < 4.78 is 25.7. The summed E-state index contributed by atoms with van der Waals surface area (Å²) in [6.07, 6.45) is 1.53. The van der Waals surface area contributed by atoms with Crippen LogP contribution >= 0.6 is 0 Å². The summed E-state index contributed by atoms with van der Waals surface area (Å²) in [5.41, 5.74) is 0. The van der Waals surface area contributed by atoms with Crippen molar-refractivity contribution < 1.29 is 13.5 Å². The van der Waals surface area contributed by atoms with Crippen molar-refractivity contribution in [1.82, 2.24) is 9.62 Å². The number of rotatable bonds is 2. The highest BCUT2D eigenvalue weighted by molar-refractivity contribution is 7.89. The Labute approximate surface area is 90.5 Å². The molecule has 0 amide bonds. The summed E-state index contributed by atoms with van der Waals surface area (Å²) in [4.78, 5) is 0. The molecular weight excluding hydrogens is 216 g/mol. The molecule has 1 unspecified atom stereocenters. The van der Waals surface area contributed by atoms with Crippen molar-refractivity contribution in [3.8, 4) is 0 Å². The van der Waals surface area contributed by atoms with Gasteiger partial charge in [-0.05, 0) is 25.8 Å². The molecule has 2 saturated heterocycles. The van der Waals surface area contributed by atoms with Crippen LogP contribution in [0.2, 0.25) is 0 Å². The van der Waals surface area contributed by atoms with E-state index in [1.807, 2.05) is 0 Å². The van der Waals surface area contributed by atoms with Crippen LogP contribution in [0.15, 0.2) is 0 Å². The number of piperidine rings is 1. The quantitative estimate of drug-likeness (QED) is 0.652. The van der Waals surface area contributed by atoms with E-state index in [4.69, 9.17) is 0 Å². The molecule has 0 radical (unpaired) electrons. The first-order chi connectivity index (χ1) is 7.10. The topological polar surface area (TPSA) is 69.6 Å². The average Bonchev–Trinajstić information content (AvgIpc) is 2.71. The maximum absolute atomic E-state index is 12.1. The van der Waals surface area contributed by atoms with Gasteiger partial charge in [0.25, 0.3) is 0 Å². The second-order valence-corrected chi connectivity index (χ2v) is 6.50. The van der Waals surface area contributed by atoms with Crippen LogP contribution in [0.5, 0.6) is 0 Å². The third-order valence-corrected chi connectivity index (χ3v) is 5.55. The van der Waals surface area contributed by atoms with Gasteiger partial charge >= 0.3 is 0 Å². The lowest BCUT2D eigenvalue weighted by atomic mass is 10.1. The van der Waals surface area contributed by atoms with Crippen LogP contribution in [0, 0.1) is 0 Å². The number of hydrogen-bond donors (Lipinski definition) is 2. The van der Waals surface area contributed by atoms with Crippen LogP contribution in [-0.4, -0.2) is 55.4 Å². The van der Waals surface area contributed by atoms with E-state index >= 15 is 0 Å². The fourth-order valence-electron chi connectivity index (χ4n) is 2.19. The summed E-state index contributed by atoms with van der Waals surface area (Å²) in [7, 11) is -3.13. The second-order valence-electron chi connectivity index (χ2n) is 4.29. The molecule has 2 heterocycles. The van der Waals surface area contributed by atoms with Crippen molar-refractivity contribution >= 4 is 10.0 Å². The maximum atomic E-state index is 12.1. The van der Waals surface area contributed by atoms with Crippen molar-refractivity contribution in [2.45, 2.75) is 30.6 Å². The van der Waals surface area contributed by atoms with Gasteiger partial charge in [0, 0.05) is 19.6 Å². The van der Waals surface area contributed by atoms with Crippen molar-refractivity contribution in [2.24, 2.45) is 0 Å². The molecule has 0 saturated carbocycles. The van der Waals surface area contributed by atoms with Crippen LogP contribution in [0.25, 0.3) is 0 Å². The minimum absolute atomic E-state index is 0.257. The highest BCUT2D eigenvalue weighted by Gasteiger charge is 2.35. The molecule has 2 N–H and O–H groups in total. The van der Waals surface area contributed by atoms with Crippen LogP contribution in [0.1, 0.15) is 19.3 Å². The predicted molar refractivity (Wildman–Crippen MR) is 57.0 cm³/mol. The first-order valence-electron chi connectivity index (χ1n) is 5.48. The Kier molecular flexibility index (Phi) is 3.30. The van der Waals surface area contributed by atoms with Gasteiger partial charge in [-0.3, -0.25) is 0 Å². The molecule has 0 spiro atoms. The highest BCUT2D eigenvalue weighted by Crippen LogP contribution is 2.20. The lowest BCUT2D eigenvalue weighted by Crippen LogP contribution is -2.45. The lowest BCUT2D eigenvalue weighted by molar-refractivity contribution is 0.112. The van der Waals surface area contributed by atoms with Gasteiger partial charge in [0.1, 0.15) is 0 Å². The van der Waals surface area contributed by atoms with Gasteiger partial charge < -0.3 is 10.4 Å². The molecule has 2 aliphatic rings. The maximum Gasteiger partial charge on any atom is 0.218 e. The van der Waals surface area contributed by atoms with E-state index in [1.165, 1.54) is 4.31 Å². The van der Waals surface area contributed by atoms with Gasteiger partial charge in [-0.1, -0.05) is 0 Å². The van der Waals surface area contributed by atoms with E-state index in [-0.39, 0.29) is 11.4 Å². The number of hydrogen-bond acceptors (Lipinski definition) is 4. The third kappa shape index (κ3) is 2.33. The Morgan fingerprint density at radius 2 is 1.87 bits per heavy atom. The van der Waals surface area contributed by atoms with Gasteiger partial charge in [-0.25, -0.2) is 12.7 Å². The summed E-state index contributed by atoms with van der Waals surface area (Å²) in [6.45, 7) is 2.31. The van der Waals surface area contributed by atoms with E-state index in [2.05, 4.69) is 5.32 Å². The van der Waals surface area contributed by atoms with Gasteiger partial charge in [-0.2, -0.15) is 0 Å². The molecule has 2 rings (SSSR count). The molecular formula is C9H18N2O3S. The van der Waals surface area contributed by atoms with Crippen molar-refractivity contribution in [3.63, 3.8) is 0 Å². The lowest BCUT2D eigenvalue weighted by Gasteiger charge is -2.30. The van der Waals surface area contributed by atoms with E-state index < -0.39 is 10.0 Å². The number of aliphatic hydroxyl groups is 1. The Balaban J connectivity index is 2.02. The molecule has 5 nitrogen and oxygen atoms in total. The minimum Gasteiger partial charge on any atom is -0.393 e. The van der Waals surface area contributed by atoms with Crippen LogP contribution in [-0.2, 0) is 10.0 Å². The van der Waals surface area contributed by atoms with E-state index in [9.17, 15) is 13.5 Å². The number of nitrogens with zero attached hydrogens (tertiary/aromatic N) is 1. The molecule has 0 bridgehead atoms. The zero-order valence-corrected chi connectivity index (χ0v) is 9.54. The molecule has 15 heavy (non-hydrogen) atoms. The third-order valence-electron chi connectivity index (χ3n) is 3.22. The molecule has 0 aliphatic carbocycles. The Morgan fingerprint density at radius 1 is 1.20 bits per heavy atom. The Morgan fingerprint density at radius 3 is 2.40 bits per heavy atom. The predicted octanol–water partition coefficient (Wildman–Crippen LogP) is -0.865. The van der Waals surface area contributed by atoms with Gasteiger partial charge in [0.2, 0.25) is 10.0 Å². The van der Waals surface area contributed by atoms with Crippen molar-refractivity contribution in [2.75, 3.05) is 26.2 Å². The summed E-state index contributed by atoms with van der Waals surface area (Å²) in [5, 5.41) is 12.1. The number of sulfonamides is 1. The standard InChI is InChI=1S/C9H18N2O3S/c12-8-2-5-11(6-3-8)15(13,14)9-1-4-10-7-9/h8-10,12H,1-7H2. The molecule has 6 heteroatoms. The Hall–Kier alpha value is -0.170. The zero-order valence-electron chi connectivity index (χ0n) is 8.72. The van der Waals surface area contributed by atoms with Gasteiger partial charge in [0.05, 0.1) is 11.4 Å². The molecule has 2 fully saturated rings. The average molecular weight is 234 g/mol. The van der Waals surface area contributed by atoms with Crippen LogP contribution in [0.3, 0.4) is 0 Å². The first-order valence-corrected chi connectivity index (χ1v) is 6.99. The highest BCUT2D eigenvalue weighted by atomic mass is 32.2. The van der Waals surface area contributed by atoms with E-state index in [0.717, 1.165) is 6.54 Å². The van der Waals surface area contributed by atoms with Gasteiger partial charge in [0.15, 0.2) is 0 Å². The molecule has 1 atom stereocenters. The minimum atomic E-state index is -3.13. The molecule has 0 aromatic heterocycles. The SMILES string of the molecule is O=S(=O)(C1CCNC1)N1CCC(O)CC1. The largest absolute Gasteiger partial charge is 0.393 e. The number of aliphatic hydroxyl groups excluding tert-OH is 1. The normalized spacial score (nSPS) is 30.9. The molecule has 2 aliphatic heterocycles. The van der Waals surface area contributed by atoms with E-state index in [1.54, 1.807) is 0 Å². The van der Waals surface area contributed by atoms with Crippen molar-refractivity contribution in [3.05, 3.63) is 0 Å². The van der Waals surface area contributed by atoms with Crippen molar-refractivity contribution in [1.29, 1.82) is 0 Å². The smallest absolute Gasteiger partial charge is 0.218 e. The molecule has 88 valence electrons. The zero-order chi connectivity index (χ0) is 10.9. The molecule has 0 aromatic carbocycles. The monoisotopic (exact) mass is 234 g/mol. The summed E-state index contributed by atoms with van der Waals surface area (Å²) in [6, 6.07) is 0. The van der Waals surface area contributed by atoms with Crippen LogP contribution < -0.4 is 5.32 Å². The molecule has 0 aromatic rings. The number of nitrogens with one attached hydrogen (secondary N) is 1. The summed E-state index contributed by atoms with van der Waals surface area (Å²) in [5.74, 6) is 0. The van der Waals surface area contributed by atoms with Crippen LogP contribution in [0.4, 0.5) is 0 Å². The second kappa shape index (κ2) is 4.37. The van der Waals surface area contributed by atoms with Gasteiger partial charge in [-0.15, -0.1) is 0 Å².